The SMILES string of the molecule is COc1cc([C@@H]2C(=C(O)c3ccc(Cl)cc3)C(=O)C(=O)N2CCCCCC(=O)O)ccc1O. The lowest BCUT2D eigenvalue weighted by atomic mass is 9.95. The van der Waals surface area contributed by atoms with Crippen LogP contribution in [0.2, 0.25) is 5.02 Å². The molecular weight excluding hydrogens is 450 g/mol. The van der Waals surface area contributed by atoms with Crippen LogP contribution in [-0.2, 0) is 14.4 Å². The number of nitrogens with zero attached hydrogens (tertiary/aromatic N) is 1. The van der Waals surface area contributed by atoms with E-state index < -0.39 is 23.7 Å². The summed E-state index contributed by atoms with van der Waals surface area (Å²) in [7, 11) is 1.38. The van der Waals surface area contributed by atoms with Gasteiger partial charge in [-0.2, -0.15) is 0 Å². The summed E-state index contributed by atoms with van der Waals surface area (Å²) in [6.07, 6.45) is 1.50. The number of hydrogen-bond donors (Lipinski definition) is 3. The molecule has 0 aliphatic carbocycles. The fourth-order valence-corrected chi connectivity index (χ4v) is 3.95. The predicted molar refractivity (Wildman–Crippen MR) is 121 cm³/mol. The van der Waals surface area contributed by atoms with E-state index in [1.165, 1.54) is 24.1 Å². The lowest BCUT2D eigenvalue weighted by Crippen LogP contribution is -2.30. The molecule has 0 unspecified atom stereocenters. The number of carboxylic acids is 1. The van der Waals surface area contributed by atoms with Gasteiger partial charge >= 0.3 is 5.97 Å². The van der Waals surface area contributed by atoms with E-state index in [2.05, 4.69) is 0 Å². The monoisotopic (exact) mass is 473 g/mol. The van der Waals surface area contributed by atoms with Crippen LogP contribution < -0.4 is 4.74 Å². The minimum absolute atomic E-state index is 0.0218. The number of aromatic hydroxyl groups is 1. The maximum absolute atomic E-state index is 13.0. The van der Waals surface area contributed by atoms with Crippen LogP contribution in [0.1, 0.15) is 42.9 Å². The summed E-state index contributed by atoms with van der Waals surface area (Å²) < 4.78 is 5.18. The molecule has 0 aromatic heterocycles. The van der Waals surface area contributed by atoms with Gasteiger partial charge in [0, 0.05) is 23.6 Å². The molecule has 1 heterocycles. The van der Waals surface area contributed by atoms with Crippen LogP contribution in [-0.4, -0.2) is 51.5 Å². The minimum Gasteiger partial charge on any atom is -0.507 e. The molecule has 2 aromatic rings. The molecule has 8 nitrogen and oxygen atoms in total. The molecule has 9 heteroatoms. The van der Waals surface area contributed by atoms with Crippen molar-refractivity contribution < 1.29 is 34.4 Å². The van der Waals surface area contributed by atoms with Gasteiger partial charge in [0.1, 0.15) is 5.76 Å². The first-order chi connectivity index (χ1) is 15.7. The summed E-state index contributed by atoms with van der Waals surface area (Å²) in [5.74, 6) is -2.77. The molecule has 1 aliphatic rings. The number of benzene rings is 2. The van der Waals surface area contributed by atoms with Gasteiger partial charge in [-0.1, -0.05) is 24.1 Å². The smallest absolute Gasteiger partial charge is 0.303 e. The number of methoxy groups -OCH3 is 1. The first-order valence-corrected chi connectivity index (χ1v) is 10.8. The van der Waals surface area contributed by atoms with Crippen molar-refractivity contribution >= 4 is 35.0 Å². The zero-order valence-electron chi connectivity index (χ0n) is 18.0. The number of carboxylic acid groups (broad SMARTS) is 1. The number of phenolic OH excluding ortho intramolecular Hbond substituents is 1. The molecule has 0 radical (unpaired) electrons. The Morgan fingerprint density at radius 3 is 2.39 bits per heavy atom. The molecule has 174 valence electrons. The second kappa shape index (κ2) is 10.4. The molecule has 0 saturated carbocycles. The third kappa shape index (κ3) is 5.28. The molecular formula is C24H24ClNO7. The highest BCUT2D eigenvalue weighted by atomic mass is 35.5. The van der Waals surface area contributed by atoms with Crippen molar-refractivity contribution in [2.45, 2.75) is 31.7 Å². The number of aliphatic hydroxyl groups is 1. The number of unbranched alkanes of at least 4 members (excludes halogenated alkanes) is 2. The van der Waals surface area contributed by atoms with Gasteiger partial charge in [-0.3, -0.25) is 14.4 Å². The van der Waals surface area contributed by atoms with E-state index in [1.807, 2.05) is 0 Å². The number of aliphatic carboxylic acids is 1. The number of carbonyl (C=O) groups is 3. The van der Waals surface area contributed by atoms with Crippen LogP contribution in [0.15, 0.2) is 48.0 Å². The molecule has 0 spiro atoms. The normalized spacial score (nSPS) is 17.4. The number of Topliss-reactive ketones (excluding diaryl/α,β-unsaturated/α-hetero) is 1. The molecule has 1 fully saturated rings. The van der Waals surface area contributed by atoms with Crippen LogP contribution in [0.5, 0.6) is 11.5 Å². The van der Waals surface area contributed by atoms with E-state index in [9.17, 15) is 24.6 Å². The van der Waals surface area contributed by atoms with Crippen LogP contribution in [0, 0.1) is 0 Å². The quantitative estimate of drug-likeness (QED) is 0.216. The number of amides is 1. The van der Waals surface area contributed by atoms with E-state index in [0.29, 0.717) is 35.4 Å². The van der Waals surface area contributed by atoms with E-state index in [-0.39, 0.29) is 35.8 Å². The van der Waals surface area contributed by atoms with Crippen LogP contribution >= 0.6 is 11.6 Å². The minimum atomic E-state index is -0.908. The molecule has 33 heavy (non-hydrogen) atoms. The van der Waals surface area contributed by atoms with Crippen LogP contribution in [0.25, 0.3) is 5.76 Å². The number of rotatable bonds is 9. The van der Waals surface area contributed by atoms with E-state index in [0.717, 1.165) is 0 Å². The van der Waals surface area contributed by atoms with Gasteiger partial charge in [-0.05, 0) is 54.8 Å². The molecule has 3 rings (SSSR count). The van der Waals surface area contributed by atoms with E-state index in [1.54, 1.807) is 30.3 Å². The van der Waals surface area contributed by atoms with Crippen molar-refractivity contribution in [3.8, 4) is 11.5 Å². The predicted octanol–water partition coefficient (Wildman–Crippen LogP) is 4.12. The summed E-state index contributed by atoms with van der Waals surface area (Å²) in [4.78, 5) is 38.0. The van der Waals surface area contributed by atoms with Crippen molar-refractivity contribution in [1.29, 1.82) is 0 Å². The Hall–Kier alpha value is -3.52. The van der Waals surface area contributed by atoms with Gasteiger partial charge in [0.15, 0.2) is 11.5 Å². The van der Waals surface area contributed by atoms with Gasteiger partial charge in [-0.15, -0.1) is 0 Å². The van der Waals surface area contributed by atoms with Crippen molar-refractivity contribution in [3.63, 3.8) is 0 Å². The van der Waals surface area contributed by atoms with E-state index in [4.69, 9.17) is 21.4 Å². The second-order valence-corrected chi connectivity index (χ2v) is 8.07. The third-order valence-electron chi connectivity index (χ3n) is 5.47. The highest BCUT2D eigenvalue weighted by Gasteiger charge is 2.46. The molecule has 2 aromatic carbocycles. The largest absolute Gasteiger partial charge is 0.507 e. The Labute approximate surface area is 195 Å². The van der Waals surface area contributed by atoms with Gasteiger partial charge in [0.2, 0.25) is 0 Å². The second-order valence-electron chi connectivity index (χ2n) is 7.64. The Balaban J connectivity index is 2.02. The summed E-state index contributed by atoms with van der Waals surface area (Å²) in [6, 6.07) is 9.77. The Morgan fingerprint density at radius 1 is 1.06 bits per heavy atom. The Kier molecular flexibility index (Phi) is 7.60. The first-order valence-electron chi connectivity index (χ1n) is 10.4. The highest BCUT2D eigenvalue weighted by molar-refractivity contribution is 6.46. The number of ketones is 1. The standard InChI is InChI=1S/C24H24ClNO7/c1-33-18-13-15(8-11-17(18)27)21-20(22(30)14-6-9-16(25)10-7-14)23(31)24(32)26(21)12-4-2-3-5-19(28)29/h6-11,13,21,27,30H,2-5,12H2,1H3,(H,28,29)/t21-/m1/s1. The molecule has 1 aliphatic heterocycles. The lowest BCUT2D eigenvalue weighted by Gasteiger charge is -2.25. The van der Waals surface area contributed by atoms with Crippen LogP contribution in [0.3, 0.4) is 0 Å². The highest BCUT2D eigenvalue weighted by Crippen LogP contribution is 2.42. The van der Waals surface area contributed by atoms with Crippen molar-refractivity contribution in [3.05, 3.63) is 64.2 Å². The van der Waals surface area contributed by atoms with Gasteiger partial charge < -0.3 is 25.0 Å². The third-order valence-corrected chi connectivity index (χ3v) is 5.72. The summed E-state index contributed by atoms with van der Waals surface area (Å²) in [5.41, 5.74) is 0.722. The van der Waals surface area contributed by atoms with Crippen molar-refractivity contribution in [2.24, 2.45) is 0 Å². The lowest BCUT2D eigenvalue weighted by molar-refractivity contribution is -0.140. The molecule has 1 atom stereocenters. The van der Waals surface area contributed by atoms with Crippen molar-refractivity contribution in [1.82, 2.24) is 4.90 Å². The number of phenols is 1. The summed E-state index contributed by atoms with van der Waals surface area (Å²) in [6.45, 7) is 0.190. The topological polar surface area (TPSA) is 124 Å². The van der Waals surface area contributed by atoms with Gasteiger partial charge in [0.25, 0.3) is 11.7 Å². The number of hydrogen-bond acceptors (Lipinski definition) is 6. The van der Waals surface area contributed by atoms with Crippen LogP contribution in [0.4, 0.5) is 0 Å². The average molecular weight is 474 g/mol. The van der Waals surface area contributed by atoms with Crippen molar-refractivity contribution in [2.75, 3.05) is 13.7 Å². The number of halogens is 1. The number of likely N-dealkylation sites (tertiary alicyclic amines) is 1. The maximum atomic E-state index is 13.0. The molecule has 3 N–H and O–H groups in total. The fourth-order valence-electron chi connectivity index (χ4n) is 3.82. The number of carbonyl (C=O) groups excluding carboxylic acids is 2. The molecule has 1 amide bonds. The fraction of sp³-hybridized carbons (Fsp3) is 0.292. The van der Waals surface area contributed by atoms with Gasteiger partial charge in [-0.25, -0.2) is 0 Å². The Bertz CT molecular complexity index is 1090. The van der Waals surface area contributed by atoms with E-state index >= 15 is 0 Å². The average Bonchev–Trinajstić information content (AvgIpc) is 3.04. The first kappa shape index (κ1) is 24.1. The summed E-state index contributed by atoms with van der Waals surface area (Å²) in [5, 5.41) is 30.2. The molecule has 1 saturated heterocycles. The van der Waals surface area contributed by atoms with Gasteiger partial charge in [0.05, 0.1) is 18.7 Å². The zero-order valence-corrected chi connectivity index (χ0v) is 18.7. The molecule has 0 bridgehead atoms. The zero-order chi connectivity index (χ0) is 24.1. The maximum Gasteiger partial charge on any atom is 0.303 e. The summed E-state index contributed by atoms with van der Waals surface area (Å²) >= 11 is 5.92. The number of ether oxygens (including phenoxy) is 1. The number of aliphatic hydroxyl groups excluding tert-OH is 1. The Morgan fingerprint density at radius 2 is 1.76 bits per heavy atom.